The van der Waals surface area contributed by atoms with Gasteiger partial charge < -0.3 is 5.32 Å². The number of hydrogen-bond donors (Lipinski definition) is 1. The van der Waals surface area contributed by atoms with E-state index < -0.39 is 0 Å². The normalized spacial score (nSPS) is 10.2. The van der Waals surface area contributed by atoms with E-state index in [2.05, 4.69) is 47.1 Å². The van der Waals surface area contributed by atoms with Gasteiger partial charge in [0.1, 0.15) is 9.21 Å². The number of halogens is 3. The molecule has 0 saturated heterocycles. The van der Waals surface area contributed by atoms with E-state index in [1.54, 1.807) is 0 Å². The van der Waals surface area contributed by atoms with Crippen molar-refractivity contribution in [1.82, 2.24) is 9.97 Å². The number of nitrogens with one attached hydrogen (secondary N) is 1. The maximum atomic E-state index is 11.5. The molecule has 0 aliphatic rings. The van der Waals surface area contributed by atoms with Gasteiger partial charge in [0.15, 0.2) is 5.82 Å². The summed E-state index contributed by atoms with van der Waals surface area (Å²) >= 11 is 11.9. The molecule has 4 nitrogen and oxygen atoms in total. The molecule has 1 N–H and O–H groups in total. The Labute approximate surface area is 115 Å². The molecule has 0 radical (unpaired) electrons. The summed E-state index contributed by atoms with van der Waals surface area (Å²) in [6.07, 6.45) is 3.58. The van der Waals surface area contributed by atoms with Crippen LogP contribution in [-0.4, -0.2) is 21.8 Å². The molecule has 0 bridgehead atoms. The summed E-state index contributed by atoms with van der Waals surface area (Å²) < 4.78 is 1.12. The first kappa shape index (κ1) is 13.9. The van der Waals surface area contributed by atoms with Crippen molar-refractivity contribution in [3.8, 4) is 0 Å². The van der Waals surface area contributed by atoms with Crippen molar-refractivity contribution < 1.29 is 4.79 Å². The largest absolute Gasteiger partial charge is 0.308 e. The Bertz CT molecular complexity index is 376. The molecule has 1 heterocycles. The maximum absolute atomic E-state index is 11.5. The number of aromatic nitrogens is 2. The molecule has 1 amide bonds. The summed E-state index contributed by atoms with van der Waals surface area (Å²) in [6, 6.07) is 0. The fourth-order valence-corrected chi connectivity index (χ4v) is 2.10. The number of anilines is 1. The smallest absolute Gasteiger partial charge is 0.225 e. The van der Waals surface area contributed by atoms with Crippen LogP contribution in [0, 0.1) is 0 Å². The standard InChI is InChI=1S/C9H10Br2ClN3O/c10-6-5-13-9(8(11)14-6)15-7(16)3-1-2-4-12/h5H,1-4H2,(H,13,15,16). The van der Waals surface area contributed by atoms with E-state index in [1.807, 2.05) is 0 Å². The van der Waals surface area contributed by atoms with Gasteiger partial charge in [0, 0.05) is 12.3 Å². The molecular weight excluding hydrogens is 361 g/mol. The number of carbonyl (C=O) groups is 1. The van der Waals surface area contributed by atoms with Crippen LogP contribution in [-0.2, 0) is 4.79 Å². The number of nitrogens with zero attached hydrogens (tertiary/aromatic N) is 2. The predicted octanol–water partition coefficient (Wildman–Crippen LogP) is 3.35. The van der Waals surface area contributed by atoms with Crippen LogP contribution in [0.4, 0.5) is 5.82 Å². The first-order chi connectivity index (χ1) is 7.63. The Hall–Kier alpha value is -0.200. The lowest BCUT2D eigenvalue weighted by molar-refractivity contribution is -0.116. The molecule has 0 saturated carbocycles. The molecule has 7 heteroatoms. The van der Waals surface area contributed by atoms with Gasteiger partial charge >= 0.3 is 0 Å². The minimum Gasteiger partial charge on any atom is -0.308 e. The monoisotopic (exact) mass is 369 g/mol. The van der Waals surface area contributed by atoms with Crippen molar-refractivity contribution >= 4 is 55.2 Å². The van der Waals surface area contributed by atoms with Crippen LogP contribution >= 0.6 is 43.5 Å². The summed E-state index contributed by atoms with van der Waals surface area (Å²) in [5.74, 6) is 0.927. The van der Waals surface area contributed by atoms with Crippen LogP contribution in [0.1, 0.15) is 19.3 Å². The Morgan fingerprint density at radius 2 is 2.19 bits per heavy atom. The van der Waals surface area contributed by atoms with Crippen LogP contribution in [0.15, 0.2) is 15.4 Å². The fraction of sp³-hybridized carbons (Fsp3) is 0.444. The minimum absolute atomic E-state index is 0.0811. The lowest BCUT2D eigenvalue weighted by atomic mass is 10.2. The van der Waals surface area contributed by atoms with Gasteiger partial charge in [-0.3, -0.25) is 4.79 Å². The predicted molar refractivity (Wildman–Crippen MR) is 70.6 cm³/mol. The Morgan fingerprint density at radius 1 is 1.44 bits per heavy atom. The number of rotatable bonds is 5. The fourth-order valence-electron chi connectivity index (χ4n) is 1.01. The summed E-state index contributed by atoms with van der Waals surface area (Å²) in [5.41, 5.74) is 0. The zero-order valence-corrected chi connectivity index (χ0v) is 12.3. The molecular formula is C9H10Br2ClN3O. The second kappa shape index (κ2) is 7.19. The van der Waals surface area contributed by atoms with Crippen molar-refractivity contribution in [3.63, 3.8) is 0 Å². The number of hydrogen-bond acceptors (Lipinski definition) is 3. The molecule has 16 heavy (non-hydrogen) atoms. The van der Waals surface area contributed by atoms with Gasteiger partial charge in [0.2, 0.25) is 5.91 Å². The Balaban J connectivity index is 2.49. The topological polar surface area (TPSA) is 54.9 Å². The van der Waals surface area contributed by atoms with Crippen LogP contribution in [0.3, 0.4) is 0 Å². The van der Waals surface area contributed by atoms with Gasteiger partial charge in [-0.2, -0.15) is 0 Å². The molecule has 0 aromatic carbocycles. The number of carbonyl (C=O) groups excluding carboxylic acids is 1. The van der Waals surface area contributed by atoms with Crippen LogP contribution in [0.2, 0.25) is 0 Å². The molecule has 0 aliphatic carbocycles. The summed E-state index contributed by atoms with van der Waals surface area (Å²) in [5, 5.41) is 2.67. The van der Waals surface area contributed by atoms with E-state index in [-0.39, 0.29) is 5.91 Å². The van der Waals surface area contributed by atoms with Gasteiger partial charge in [0.05, 0.1) is 6.20 Å². The van der Waals surface area contributed by atoms with Crippen molar-refractivity contribution in [3.05, 3.63) is 15.4 Å². The Kier molecular flexibility index (Phi) is 6.23. The first-order valence-corrected chi connectivity index (χ1v) is 6.79. The molecule has 0 fully saturated rings. The van der Waals surface area contributed by atoms with Crippen molar-refractivity contribution in [2.24, 2.45) is 0 Å². The quantitative estimate of drug-likeness (QED) is 0.638. The van der Waals surface area contributed by atoms with Gasteiger partial charge in [0.25, 0.3) is 0 Å². The summed E-state index contributed by atoms with van der Waals surface area (Å²) in [6.45, 7) is 0. The highest BCUT2D eigenvalue weighted by Crippen LogP contribution is 2.19. The average molecular weight is 371 g/mol. The highest BCUT2D eigenvalue weighted by atomic mass is 79.9. The van der Waals surface area contributed by atoms with Crippen LogP contribution < -0.4 is 5.32 Å². The lowest BCUT2D eigenvalue weighted by Crippen LogP contribution is -2.13. The third-order valence-electron chi connectivity index (χ3n) is 1.75. The van der Waals surface area contributed by atoms with Crippen molar-refractivity contribution in [1.29, 1.82) is 0 Å². The first-order valence-electron chi connectivity index (χ1n) is 4.67. The van der Waals surface area contributed by atoms with Gasteiger partial charge in [-0.15, -0.1) is 11.6 Å². The van der Waals surface area contributed by atoms with Crippen molar-refractivity contribution in [2.45, 2.75) is 19.3 Å². The molecule has 1 aromatic heterocycles. The molecule has 1 rings (SSSR count). The second-order valence-corrected chi connectivity index (χ2v) is 4.97. The molecule has 0 spiro atoms. The molecule has 1 aromatic rings. The van der Waals surface area contributed by atoms with E-state index in [0.29, 0.717) is 27.3 Å². The number of alkyl halides is 1. The molecule has 0 aliphatic heterocycles. The summed E-state index contributed by atoms with van der Waals surface area (Å²) in [7, 11) is 0. The zero-order valence-electron chi connectivity index (χ0n) is 8.34. The second-order valence-electron chi connectivity index (χ2n) is 3.03. The highest BCUT2D eigenvalue weighted by molar-refractivity contribution is 9.11. The third-order valence-corrected chi connectivity index (χ3v) is 2.95. The van der Waals surface area contributed by atoms with E-state index in [9.17, 15) is 4.79 Å². The Morgan fingerprint density at radius 3 is 2.81 bits per heavy atom. The van der Waals surface area contributed by atoms with E-state index in [1.165, 1.54) is 6.20 Å². The minimum atomic E-state index is -0.0811. The van der Waals surface area contributed by atoms with Crippen LogP contribution in [0.5, 0.6) is 0 Å². The summed E-state index contributed by atoms with van der Waals surface area (Å²) in [4.78, 5) is 19.6. The maximum Gasteiger partial charge on any atom is 0.225 e. The molecule has 88 valence electrons. The van der Waals surface area contributed by atoms with Crippen molar-refractivity contribution in [2.75, 3.05) is 11.2 Å². The van der Waals surface area contributed by atoms with E-state index in [0.717, 1.165) is 12.8 Å². The lowest BCUT2D eigenvalue weighted by Gasteiger charge is -2.05. The highest BCUT2D eigenvalue weighted by Gasteiger charge is 2.07. The van der Waals surface area contributed by atoms with E-state index in [4.69, 9.17) is 11.6 Å². The average Bonchev–Trinajstić information content (AvgIpc) is 2.23. The van der Waals surface area contributed by atoms with E-state index >= 15 is 0 Å². The SMILES string of the molecule is O=C(CCCCCl)Nc1ncc(Br)nc1Br. The third kappa shape index (κ3) is 4.76. The van der Waals surface area contributed by atoms with Crippen LogP contribution in [0.25, 0.3) is 0 Å². The van der Waals surface area contributed by atoms with Gasteiger partial charge in [-0.05, 0) is 44.7 Å². The zero-order chi connectivity index (χ0) is 12.0. The van der Waals surface area contributed by atoms with Gasteiger partial charge in [-0.1, -0.05) is 0 Å². The number of unbranched alkanes of at least 4 members (excludes halogenated alkanes) is 1. The number of amides is 1. The van der Waals surface area contributed by atoms with Gasteiger partial charge in [-0.25, -0.2) is 9.97 Å². The molecule has 0 unspecified atom stereocenters. The molecule has 0 atom stereocenters.